The van der Waals surface area contributed by atoms with Gasteiger partial charge in [-0.25, -0.2) is 4.39 Å². The number of amides is 3. The van der Waals surface area contributed by atoms with Crippen LogP contribution < -0.4 is 10.6 Å². The van der Waals surface area contributed by atoms with Crippen molar-refractivity contribution in [2.75, 3.05) is 31.6 Å². The van der Waals surface area contributed by atoms with Crippen LogP contribution >= 0.6 is 0 Å². The average Bonchev–Trinajstić information content (AvgIpc) is 3.20. The van der Waals surface area contributed by atoms with Gasteiger partial charge in [0.15, 0.2) is 0 Å². The third kappa shape index (κ3) is 4.69. The van der Waals surface area contributed by atoms with Gasteiger partial charge in [0.2, 0.25) is 11.6 Å². The molecule has 3 aliphatic heterocycles. The molecule has 2 fully saturated rings. The quantitative estimate of drug-likeness (QED) is 0.264. The highest BCUT2D eigenvalue weighted by atomic mass is 19.1. The van der Waals surface area contributed by atoms with Crippen LogP contribution in [0.15, 0.2) is 36.4 Å². The zero-order valence-corrected chi connectivity index (χ0v) is 19.9. The van der Waals surface area contributed by atoms with E-state index in [9.17, 15) is 34.1 Å². The number of piperidine rings is 1. The lowest BCUT2D eigenvalue weighted by Crippen LogP contribution is -2.63. The normalized spacial score (nSPS) is 22.7. The molecule has 0 radical (unpaired) electrons. The number of benzene rings is 2. The van der Waals surface area contributed by atoms with E-state index in [0.717, 1.165) is 18.0 Å². The van der Waals surface area contributed by atoms with Crippen molar-refractivity contribution in [1.29, 1.82) is 0 Å². The smallest absolute Gasteiger partial charge is 0.279 e. The molecule has 37 heavy (non-hydrogen) atoms. The van der Waals surface area contributed by atoms with Crippen molar-refractivity contribution < 1.29 is 38.8 Å². The fourth-order valence-electron chi connectivity index (χ4n) is 4.91. The van der Waals surface area contributed by atoms with Gasteiger partial charge in [-0.05, 0) is 29.8 Å². The minimum absolute atomic E-state index is 0.103. The molecular formula is C25H27FN4O7. The van der Waals surface area contributed by atoms with Gasteiger partial charge in [-0.1, -0.05) is 12.1 Å². The summed E-state index contributed by atoms with van der Waals surface area (Å²) in [6.07, 6.45) is -0.420. The Bertz CT molecular complexity index is 1260. The van der Waals surface area contributed by atoms with Crippen LogP contribution in [0.3, 0.4) is 0 Å². The lowest BCUT2D eigenvalue weighted by atomic mass is 10.00. The molecule has 3 amide bonds. The highest BCUT2D eigenvalue weighted by Gasteiger charge is 2.51. The van der Waals surface area contributed by atoms with Crippen LogP contribution in [0.5, 0.6) is 0 Å². The minimum atomic E-state index is -2.83. The van der Waals surface area contributed by atoms with Gasteiger partial charge in [0.05, 0.1) is 25.3 Å². The van der Waals surface area contributed by atoms with Crippen molar-refractivity contribution in [2.24, 2.45) is 0 Å². The third-order valence-electron chi connectivity index (χ3n) is 6.96. The Kier molecular flexibility index (Phi) is 6.46. The van der Waals surface area contributed by atoms with Gasteiger partial charge in [0.1, 0.15) is 5.82 Å². The molecule has 1 atom stereocenters. The van der Waals surface area contributed by atoms with E-state index >= 15 is 0 Å². The summed E-state index contributed by atoms with van der Waals surface area (Å²) in [6.45, 7) is 2.88. The molecule has 2 aromatic carbocycles. The lowest BCUT2D eigenvalue weighted by Gasteiger charge is -2.37. The number of morpholine rings is 1. The van der Waals surface area contributed by atoms with E-state index < -0.39 is 40.7 Å². The predicted octanol–water partition coefficient (Wildman–Crippen LogP) is -0.0541. The molecular weight excluding hydrogens is 487 g/mol. The number of hydrogen-bond donors (Lipinski definition) is 5. The SMILES string of the molecule is O=C1CCC(O)(N2Cc3c(NC(O)(O)c4ccc(CN5CCOCC5)cc4F)cccc3C2=O)C(=O)N1. The first-order valence-electron chi connectivity index (χ1n) is 11.9. The molecule has 0 saturated carbocycles. The van der Waals surface area contributed by atoms with E-state index in [2.05, 4.69) is 10.2 Å². The van der Waals surface area contributed by atoms with Crippen LogP contribution in [-0.2, 0) is 33.3 Å². The highest BCUT2D eigenvalue weighted by Crippen LogP contribution is 2.37. The van der Waals surface area contributed by atoms with E-state index in [0.29, 0.717) is 25.3 Å². The van der Waals surface area contributed by atoms with E-state index in [1.165, 1.54) is 30.3 Å². The van der Waals surface area contributed by atoms with Crippen LogP contribution in [0.2, 0.25) is 0 Å². The number of fused-ring (bicyclic) bond motifs is 1. The van der Waals surface area contributed by atoms with Crippen molar-refractivity contribution in [3.63, 3.8) is 0 Å². The highest BCUT2D eigenvalue weighted by molar-refractivity contribution is 6.07. The number of nitrogens with zero attached hydrogens (tertiary/aromatic N) is 2. The number of halogens is 1. The van der Waals surface area contributed by atoms with Crippen LogP contribution in [0.4, 0.5) is 10.1 Å². The Morgan fingerprint density at radius 2 is 1.89 bits per heavy atom. The predicted molar refractivity (Wildman–Crippen MR) is 126 cm³/mol. The van der Waals surface area contributed by atoms with Crippen molar-refractivity contribution in [2.45, 2.75) is 37.6 Å². The van der Waals surface area contributed by atoms with Gasteiger partial charge in [0, 0.05) is 49.3 Å². The van der Waals surface area contributed by atoms with Gasteiger partial charge < -0.3 is 25.4 Å². The molecule has 0 aromatic heterocycles. The lowest BCUT2D eigenvalue weighted by molar-refractivity contribution is -0.168. The molecule has 0 spiro atoms. The number of hydrogen-bond acceptors (Lipinski definition) is 9. The molecule has 11 nitrogen and oxygen atoms in total. The fourth-order valence-corrected chi connectivity index (χ4v) is 4.91. The zero-order chi connectivity index (χ0) is 26.4. The standard InChI is InChI=1S/C25H27FN4O7/c26-19-12-15(13-29-8-10-37-11-9-29)4-5-18(19)25(35,36)28-20-3-1-2-16-17(20)14-30(22(16)32)24(34)7-6-21(31)27-23(24)33/h1-5,12,28,34-36H,6-11,13-14H2,(H,27,31,33). The second-order valence-electron chi connectivity index (χ2n) is 9.42. The Hall–Kier alpha value is -3.42. The molecule has 2 aromatic rings. The van der Waals surface area contributed by atoms with Crippen molar-refractivity contribution in [3.8, 4) is 0 Å². The third-order valence-corrected chi connectivity index (χ3v) is 6.96. The molecule has 2 saturated heterocycles. The summed E-state index contributed by atoms with van der Waals surface area (Å²) in [4.78, 5) is 40.0. The maximum absolute atomic E-state index is 15.0. The molecule has 3 aliphatic rings. The molecule has 5 rings (SSSR count). The zero-order valence-electron chi connectivity index (χ0n) is 19.9. The van der Waals surface area contributed by atoms with Crippen LogP contribution in [-0.4, -0.2) is 74.9 Å². The number of carbonyl (C=O) groups excluding carboxylic acids is 3. The average molecular weight is 515 g/mol. The summed E-state index contributed by atoms with van der Waals surface area (Å²) in [5.74, 6) is -5.88. The first-order chi connectivity index (χ1) is 17.6. The topological polar surface area (TPSA) is 152 Å². The molecule has 5 N–H and O–H groups in total. The maximum atomic E-state index is 15.0. The molecule has 3 heterocycles. The van der Waals surface area contributed by atoms with E-state index in [1.54, 1.807) is 6.07 Å². The number of nitrogens with one attached hydrogen (secondary N) is 2. The van der Waals surface area contributed by atoms with Crippen LogP contribution in [0.25, 0.3) is 0 Å². The maximum Gasteiger partial charge on any atom is 0.279 e. The van der Waals surface area contributed by atoms with E-state index in [4.69, 9.17) is 4.74 Å². The molecule has 12 heteroatoms. The summed E-state index contributed by atoms with van der Waals surface area (Å²) in [5.41, 5.74) is -1.48. The molecule has 0 bridgehead atoms. The summed E-state index contributed by atoms with van der Waals surface area (Å²) in [7, 11) is 0. The van der Waals surface area contributed by atoms with Crippen molar-refractivity contribution >= 4 is 23.4 Å². The Morgan fingerprint density at radius 3 is 2.59 bits per heavy atom. The van der Waals surface area contributed by atoms with Crippen LogP contribution in [0.1, 0.15) is 39.9 Å². The fraction of sp³-hybridized carbons (Fsp3) is 0.400. The Labute approximate surface area is 211 Å². The minimum Gasteiger partial charge on any atom is -0.379 e. The van der Waals surface area contributed by atoms with Gasteiger partial charge >= 0.3 is 0 Å². The summed E-state index contributed by atoms with van der Waals surface area (Å²) >= 11 is 0. The second-order valence-corrected chi connectivity index (χ2v) is 9.42. The molecule has 0 aliphatic carbocycles. The van der Waals surface area contributed by atoms with Gasteiger partial charge in [-0.15, -0.1) is 0 Å². The number of rotatable bonds is 6. The summed E-state index contributed by atoms with van der Waals surface area (Å²) in [5, 5.41) is 37.0. The largest absolute Gasteiger partial charge is 0.379 e. The number of aliphatic hydroxyl groups is 3. The molecule has 196 valence electrons. The van der Waals surface area contributed by atoms with E-state index in [1.807, 2.05) is 5.32 Å². The second kappa shape index (κ2) is 9.47. The number of anilines is 1. The van der Waals surface area contributed by atoms with Gasteiger partial charge in [-0.2, -0.15) is 0 Å². The van der Waals surface area contributed by atoms with Gasteiger partial charge in [0.25, 0.3) is 17.7 Å². The van der Waals surface area contributed by atoms with Gasteiger partial charge in [-0.3, -0.25) is 29.5 Å². The first-order valence-corrected chi connectivity index (χ1v) is 11.9. The van der Waals surface area contributed by atoms with Crippen LogP contribution in [0, 0.1) is 5.82 Å². The van der Waals surface area contributed by atoms with Crippen molar-refractivity contribution in [3.05, 3.63) is 64.5 Å². The summed E-state index contributed by atoms with van der Waals surface area (Å²) in [6, 6.07) is 8.55. The van der Waals surface area contributed by atoms with E-state index in [-0.39, 0.29) is 36.2 Å². The Morgan fingerprint density at radius 1 is 1.14 bits per heavy atom. The number of imide groups is 1. The number of carbonyl (C=O) groups is 3. The first kappa shape index (κ1) is 25.2. The molecule has 1 unspecified atom stereocenters. The summed E-state index contributed by atoms with van der Waals surface area (Å²) < 4.78 is 20.3. The monoisotopic (exact) mass is 514 g/mol. The Balaban J connectivity index is 1.36. The van der Waals surface area contributed by atoms with Crippen molar-refractivity contribution in [1.82, 2.24) is 15.1 Å². The number of ether oxygens (including phenoxy) is 1.